The zero-order valence-electron chi connectivity index (χ0n) is 19.6. The summed E-state index contributed by atoms with van der Waals surface area (Å²) in [4.78, 5) is 50.8. The summed E-state index contributed by atoms with van der Waals surface area (Å²) >= 11 is 0. The van der Waals surface area contributed by atoms with Crippen LogP contribution in [0.25, 0.3) is 0 Å². The Labute approximate surface area is 203 Å². The number of nitrogens with zero attached hydrogens (tertiary/aromatic N) is 1. The number of carbonyl (C=O) groups excluding carboxylic acids is 3. The zero-order chi connectivity index (χ0) is 26.1. The minimum Gasteiger partial charge on any atom is -0.480 e. The van der Waals surface area contributed by atoms with Crippen LogP contribution in [0.2, 0.25) is 0 Å². The third kappa shape index (κ3) is 14.1. The Morgan fingerprint density at radius 2 is 1.71 bits per heavy atom. The van der Waals surface area contributed by atoms with Crippen molar-refractivity contribution in [2.45, 2.75) is 50.8 Å². The average Bonchev–Trinajstić information content (AvgIpc) is 2.83. The summed E-state index contributed by atoms with van der Waals surface area (Å²) in [6, 6.07) is 7.31. The first-order chi connectivity index (χ1) is 16.7. The maximum atomic E-state index is 12.1. The number of hydrogen-bond acceptors (Lipinski definition) is 7. The van der Waals surface area contributed by atoms with E-state index in [0.717, 1.165) is 5.56 Å². The highest BCUT2D eigenvalue weighted by Gasteiger charge is 2.20. The highest BCUT2D eigenvalue weighted by Crippen LogP contribution is 2.02. The largest absolute Gasteiger partial charge is 0.480 e. The van der Waals surface area contributed by atoms with E-state index in [0.29, 0.717) is 32.2 Å². The molecule has 1 aromatic rings. The van der Waals surface area contributed by atoms with Gasteiger partial charge in [-0.25, -0.2) is 9.59 Å². The topological polar surface area (TPSA) is 224 Å². The Balaban J connectivity index is 2.17. The Morgan fingerprint density at radius 3 is 2.37 bits per heavy atom. The van der Waals surface area contributed by atoms with Gasteiger partial charge in [0.15, 0.2) is 5.96 Å². The van der Waals surface area contributed by atoms with E-state index in [1.807, 2.05) is 30.3 Å². The number of unbranched alkanes of at least 4 members (excludes halogenated alkanes) is 1. The van der Waals surface area contributed by atoms with Crippen molar-refractivity contribution in [3.05, 3.63) is 35.9 Å². The Kier molecular flexibility index (Phi) is 13.9. The maximum absolute atomic E-state index is 12.1. The van der Waals surface area contributed by atoms with Crippen molar-refractivity contribution in [1.29, 1.82) is 0 Å². The van der Waals surface area contributed by atoms with Gasteiger partial charge in [0.1, 0.15) is 12.6 Å². The normalized spacial score (nSPS) is 12.0. The Bertz CT molecular complexity index is 846. The summed E-state index contributed by atoms with van der Waals surface area (Å²) in [6.45, 7) is 0.373. The predicted molar refractivity (Wildman–Crippen MR) is 129 cm³/mol. The summed E-state index contributed by atoms with van der Waals surface area (Å²) in [5.41, 5.74) is 17.1. The number of aliphatic carboxylic acids is 1. The molecule has 0 saturated heterocycles. The SMILES string of the molecule is NC(N)=NCCC[C@H](NC(=O)CNC(=O)[C@@H](N)CCCCNC(=O)OCc1ccccc1)C(=O)O. The summed E-state index contributed by atoms with van der Waals surface area (Å²) in [6.07, 6.45) is 1.44. The van der Waals surface area contributed by atoms with Crippen LogP contribution in [0.15, 0.2) is 35.3 Å². The van der Waals surface area contributed by atoms with E-state index in [1.54, 1.807) is 0 Å². The fourth-order valence-electron chi connectivity index (χ4n) is 2.89. The lowest BCUT2D eigenvalue weighted by atomic mass is 10.1. The number of guanidine groups is 1. The number of carboxylic acids is 1. The lowest BCUT2D eigenvalue weighted by Gasteiger charge is -2.16. The smallest absolute Gasteiger partial charge is 0.407 e. The molecule has 0 aromatic heterocycles. The van der Waals surface area contributed by atoms with E-state index >= 15 is 0 Å². The van der Waals surface area contributed by atoms with Crippen LogP contribution in [0.3, 0.4) is 0 Å². The molecule has 0 unspecified atom stereocenters. The molecule has 1 rings (SSSR count). The van der Waals surface area contributed by atoms with Crippen molar-refractivity contribution >= 4 is 29.8 Å². The van der Waals surface area contributed by atoms with Crippen LogP contribution < -0.4 is 33.2 Å². The summed E-state index contributed by atoms with van der Waals surface area (Å²) < 4.78 is 5.10. The summed E-state index contributed by atoms with van der Waals surface area (Å²) in [5, 5.41) is 16.6. The number of alkyl carbamates (subject to hydrolysis) is 1. The molecule has 0 spiro atoms. The van der Waals surface area contributed by atoms with Gasteiger partial charge in [0.05, 0.1) is 12.6 Å². The molecule has 194 valence electrons. The Morgan fingerprint density at radius 1 is 1.00 bits per heavy atom. The van der Waals surface area contributed by atoms with Gasteiger partial charge in [-0.1, -0.05) is 30.3 Å². The zero-order valence-corrected chi connectivity index (χ0v) is 19.6. The molecular weight excluding hydrogens is 458 g/mol. The highest BCUT2D eigenvalue weighted by molar-refractivity contribution is 5.89. The van der Waals surface area contributed by atoms with Crippen molar-refractivity contribution < 1.29 is 29.0 Å². The first-order valence-electron chi connectivity index (χ1n) is 11.2. The van der Waals surface area contributed by atoms with Crippen molar-refractivity contribution in [3.63, 3.8) is 0 Å². The van der Waals surface area contributed by atoms with Crippen molar-refractivity contribution in [2.24, 2.45) is 22.2 Å². The maximum Gasteiger partial charge on any atom is 0.407 e. The molecule has 13 nitrogen and oxygen atoms in total. The van der Waals surface area contributed by atoms with Gasteiger partial charge in [0.25, 0.3) is 0 Å². The van der Waals surface area contributed by atoms with Gasteiger partial charge in [-0.2, -0.15) is 0 Å². The number of ether oxygens (including phenoxy) is 1. The number of carbonyl (C=O) groups is 4. The summed E-state index contributed by atoms with van der Waals surface area (Å²) in [7, 11) is 0. The number of nitrogens with one attached hydrogen (secondary N) is 3. The molecule has 0 bridgehead atoms. The van der Waals surface area contributed by atoms with E-state index in [-0.39, 0.29) is 25.5 Å². The molecule has 0 radical (unpaired) electrons. The number of hydrogen-bond donors (Lipinski definition) is 7. The van der Waals surface area contributed by atoms with Crippen LogP contribution in [0, 0.1) is 0 Å². The van der Waals surface area contributed by atoms with Crippen molar-refractivity contribution in [1.82, 2.24) is 16.0 Å². The van der Waals surface area contributed by atoms with E-state index in [2.05, 4.69) is 20.9 Å². The van der Waals surface area contributed by atoms with Crippen LogP contribution in [0.5, 0.6) is 0 Å². The minimum atomic E-state index is -1.20. The molecule has 35 heavy (non-hydrogen) atoms. The minimum absolute atomic E-state index is 0.0995. The van der Waals surface area contributed by atoms with Crippen LogP contribution >= 0.6 is 0 Å². The second kappa shape index (κ2) is 16.7. The molecule has 2 atom stereocenters. The number of benzene rings is 1. The molecule has 0 aliphatic heterocycles. The molecule has 0 aliphatic rings. The molecule has 0 fully saturated rings. The number of carboxylic acid groups (broad SMARTS) is 1. The lowest BCUT2D eigenvalue weighted by molar-refractivity contribution is -0.141. The highest BCUT2D eigenvalue weighted by atomic mass is 16.5. The number of aliphatic imine (C=N–C) groups is 1. The van der Waals surface area contributed by atoms with E-state index in [1.165, 1.54) is 0 Å². The fraction of sp³-hybridized carbons (Fsp3) is 0.500. The standard InChI is InChI=1S/C22H35N7O6/c23-16(9-4-5-11-27-22(34)35-14-15-7-2-1-3-8-15)19(31)28-13-18(30)29-17(20(32)33)10-6-12-26-21(24)25/h1-3,7-8,16-17H,4-6,9-14,23H2,(H,27,34)(H,28,31)(H,29,30)(H,32,33)(H4,24,25,26)/t16-,17-/m0/s1. The van der Waals surface area contributed by atoms with Gasteiger partial charge in [0, 0.05) is 13.1 Å². The third-order valence-corrected chi connectivity index (χ3v) is 4.76. The van der Waals surface area contributed by atoms with Gasteiger partial charge in [0.2, 0.25) is 11.8 Å². The van der Waals surface area contributed by atoms with E-state index in [9.17, 15) is 24.3 Å². The van der Waals surface area contributed by atoms with Gasteiger partial charge in [-0.15, -0.1) is 0 Å². The molecule has 0 aliphatic carbocycles. The molecule has 0 heterocycles. The number of rotatable bonds is 16. The van der Waals surface area contributed by atoms with Gasteiger partial charge in [-0.3, -0.25) is 14.6 Å². The van der Waals surface area contributed by atoms with Crippen molar-refractivity contribution in [2.75, 3.05) is 19.6 Å². The molecule has 13 heteroatoms. The first kappa shape index (κ1) is 29.2. The van der Waals surface area contributed by atoms with Crippen molar-refractivity contribution in [3.8, 4) is 0 Å². The van der Waals surface area contributed by atoms with Gasteiger partial charge in [-0.05, 0) is 37.7 Å². The van der Waals surface area contributed by atoms with Crippen LogP contribution in [-0.2, 0) is 25.7 Å². The lowest BCUT2D eigenvalue weighted by Crippen LogP contribution is -2.48. The van der Waals surface area contributed by atoms with Crippen LogP contribution in [0.4, 0.5) is 4.79 Å². The second-order valence-electron chi connectivity index (χ2n) is 7.72. The van der Waals surface area contributed by atoms with Crippen LogP contribution in [-0.4, -0.2) is 66.7 Å². The summed E-state index contributed by atoms with van der Waals surface area (Å²) in [5.74, 6) is -2.49. The number of amides is 3. The third-order valence-electron chi connectivity index (χ3n) is 4.76. The predicted octanol–water partition coefficient (Wildman–Crippen LogP) is -0.850. The van der Waals surface area contributed by atoms with E-state index in [4.69, 9.17) is 21.9 Å². The fourth-order valence-corrected chi connectivity index (χ4v) is 2.89. The number of nitrogens with two attached hydrogens (primary N) is 3. The molecule has 1 aromatic carbocycles. The second-order valence-corrected chi connectivity index (χ2v) is 7.72. The molecule has 0 saturated carbocycles. The van der Waals surface area contributed by atoms with Gasteiger partial charge < -0.3 is 43.0 Å². The van der Waals surface area contributed by atoms with Gasteiger partial charge >= 0.3 is 12.1 Å². The van der Waals surface area contributed by atoms with Crippen LogP contribution in [0.1, 0.15) is 37.7 Å². The monoisotopic (exact) mass is 493 g/mol. The van der Waals surface area contributed by atoms with E-state index < -0.39 is 42.5 Å². The first-order valence-corrected chi connectivity index (χ1v) is 11.2. The molecule has 3 amide bonds. The Hall–Kier alpha value is -3.87. The molecule has 10 N–H and O–H groups in total. The molecular formula is C22H35N7O6. The average molecular weight is 494 g/mol. The quantitative estimate of drug-likeness (QED) is 0.0863.